The van der Waals surface area contributed by atoms with Crippen molar-refractivity contribution in [1.29, 1.82) is 0 Å². The molecule has 1 aromatic heterocycles. The largest absolute Gasteiger partial charge is 0.338 e. The van der Waals surface area contributed by atoms with Crippen molar-refractivity contribution >= 4 is 11.8 Å². The van der Waals surface area contributed by atoms with Gasteiger partial charge in [-0.2, -0.15) is 0 Å². The molecule has 1 aliphatic heterocycles. The summed E-state index contributed by atoms with van der Waals surface area (Å²) in [6, 6.07) is -0.221. The quantitative estimate of drug-likeness (QED) is 0.763. The van der Waals surface area contributed by atoms with Crippen molar-refractivity contribution < 1.29 is 4.79 Å². The number of likely N-dealkylation sites (tertiary alicyclic amines) is 1. The molecule has 2 N–H and O–H groups in total. The average Bonchev–Trinajstić information content (AvgIpc) is 2.92. The molecule has 0 aliphatic carbocycles. The lowest BCUT2D eigenvalue weighted by atomic mass is 10.3. The van der Waals surface area contributed by atoms with Crippen molar-refractivity contribution in [1.82, 2.24) is 20.2 Å². The molecule has 0 aromatic carbocycles. The first-order valence-corrected chi connectivity index (χ1v) is 6.88. The number of nitrogens with zero attached hydrogens (tertiary/aromatic N) is 3. The number of rotatable bonds is 6. The molecular formula is C13H21N5O. The highest BCUT2D eigenvalue weighted by Gasteiger charge is 2.10. The minimum atomic E-state index is -0.221. The summed E-state index contributed by atoms with van der Waals surface area (Å²) < 4.78 is 0. The van der Waals surface area contributed by atoms with E-state index in [1.807, 2.05) is 0 Å². The van der Waals surface area contributed by atoms with E-state index >= 15 is 0 Å². The van der Waals surface area contributed by atoms with Crippen LogP contribution in [0.5, 0.6) is 0 Å². The Morgan fingerprint density at radius 2 is 2.11 bits per heavy atom. The normalized spacial score (nSPS) is 15.4. The van der Waals surface area contributed by atoms with E-state index in [9.17, 15) is 4.79 Å². The third kappa shape index (κ3) is 5.21. The summed E-state index contributed by atoms with van der Waals surface area (Å²) in [4.78, 5) is 21.9. The highest BCUT2D eigenvalue weighted by Crippen LogP contribution is 2.07. The Morgan fingerprint density at radius 3 is 2.84 bits per heavy atom. The van der Waals surface area contributed by atoms with Crippen LogP contribution in [-0.2, 0) is 0 Å². The Balaban J connectivity index is 1.51. The van der Waals surface area contributed by atoms with Gasteiger partial charge in [-0.05, 0) is 45.3 Å². The monoisotopic (exact) mass is 263 g/mol. The first kappa shape index (κ1) is 13.7. The molecule has 0 saturated carbocycles. The van der Waals surface area contributed by atoms with Crippen molar-refractivity contribution in [3.63, 3.8) is 0 Å². The number of urea groups is 1. The molecule has 0 unspecified atom stereocenters. The van der Waals surface area contributed by atoms with Gasteiger partial charge >= 0.3 is 6.03 Å². The van der Waals surface area contributed by atoms with Gasteiger partial charge in [-0.25, -0.2) is 9.78 Å². The van der Waals surface area contributed by atoms with Crippen LogP contribution in [0.25, 0.3) is 0 Å². The molecule has 0 atom stereocenters. The van der Waals surface area contributed by atoms with Gasteiger partial charge in [0.2, 0.25) is 0 Å². The number of nitrogens with one attached hydrogen (secondary N) is 2. The zero-order valence-corrected chi connectivity index (χ0v) is 11.1. The van der Waals surface area contributed by atoms with Gasteiger partial charge in [-0.1, -0.05) is 0 Å². The zero-order valence-electron chi connectivity index (χ0n) is 11.1. The maximum Gasteiger partial charge on any atom is 0.320 e. The van der Waals surface area contributed by atoms with Crippen molar-refractivity contribution in [3.8, 4) is 0 Å². The molecule has 19 heavy (non-hydrogen) atoms. The Bertz CT molecular complexity index is 378. The second-order valence-corrected chi connectivity index (χ2v) is 4.73. The molecule has 6 nitrogen and oxygen atoms in total. The average molecular weight is 263 g/mol. The molecular weight excluding hydrogens is 242 g/mol. The number of carbonyl (C=O) groups is 1. The number of amides is 2. The molecule has 0 bridgehead atoms. The number of anilines is 1. The number of carbonyl (C=O) groups excluding carboxylic acids is 1. The van der Waals surface area contributed by atoms with Crippen LogP contribution in [0.4, 0.5) is 10.6 Å². The molecule has 0 spiro atoms. The summed E-state index contributed by atoms with van der Waals surface area (Å²) in [7, 11) is 0. The highest BCUT2D eigenvalue weighted by molar-refractivity contribution is 5.87. The first-order chi connectivity index (χ1) is 9.34. The van der Waals surface area contributed by atoms with Gasteiger partial charge in [-0.3, -0.25) is 10.3 Å². The van der Waals surface area contributed by atoms with Gasteiger partial charge in [0.1, 0.15) is 0 Å². The fraction of sp³-hybridized carbons (Fsp3) is 0.615. The second kappa shape index (κ2) is 7.68. The van der Waals surface area contributed by atoms with Gasteiger partial charge in [0.25, 0.3) is 0 Å². The number of hydrogen-bond donors (Lipinski definition) is 2. The van der Waals surface area contributed by atoms with E-state index in [1.165, 1.54) is 32.1 Å². The lowest BCUT2D eigenvalue weighted by molar-refractivity contribution is 0.251. The summed E-state index contributed by atoms with van der Waals surface area (Å²) in [6.45, 7) is 4.31. The van der Waals surface area contributed by atoms with E-state index in [0.29, 0.717) is 12.4 Å². The summed E-state index contributed by atoms with van der Waals surface area (Å²) in [5, 5.41) is 5.46. The second-order valence-electron chi connectivity index (χ2n) is 4.73. The van der Waals surface area contributed by atoms with Gasteiger partial charge < -0.3 is 10.2 Å². The molecule has 2 heterocycles. The van der Waals surface area contributed by atoms with Crippen molar-refractivity contribution in [2.45, 2.75) is 25.7 Å². The molecule has 0 radical (unpaired) electrons. The van der Waals surface area contributed by atoms with Gasteiger partial charge in [0.15, 0.2) is 5.82 Å². The SMILES string of the molecule is O=C(NCCCCN1CCCC1)Nc1cnccn1. The van der Waals surface area contributed by atoms with Crippen LogP contribution in [0.15, 0.2) is 18.6 Å². The Kier molecular flexibility index (Phi) is 5.55. The minimum Gasteiger partial charge on any atom is -0.338 e. The topological polar surface area (TPSA) is 70.2 Å². The first-order valence-electron chi connectivity index (χ1n) is 6.88. The molecule has 1 aromatic rings. The van der Waals surface area contributed by atoms with Crippen LogP contribution in [0.1, 0.15) is 25.7 Å². The van der Waals surface area contributed by atoms with E-state index < -0.39 is 0 Å². The third-order valence-corrected chi connectivity index (χ3v) is 3.19. The van der Waals surface area contributed by atoms with Crippen molar-refractivity contribution in [3.05, 3.63) is 18.6 Å². The summed E-state index contributed by atoms with van der Waals surface area (Å²) >= 11 is 0. The standard InChI is InChI=1S/C13H21N5O/c19-13(17-12-11-14-6-7-15-12)16-5-1-2-8-18-9-3-4-10-18/h6-7,11H,1-5,8-10H2,(H2,15,16,17,19). The Morgan fingerprint density at radius 1 is 1.26 bits per heavy atom. The lowest BCUT2D eigenvalue weighted by Crippen LogP contribution is -2.30. The van der Waals surface area contributed by atoms with E-state index in [0.717, 1.165) is 19.4 Å². The number of unbranched alkanes of at least 4 members (excludes halogenated alkanes) is 1. The van der Waals surface area contributed by atoms with Gasteiger partial charge in [-0.15, -0.1) is 0 Å². The van der Waals surface area contributed by atoms with Crippen LogP contribution in [-0.4, -0.2) is 47.1 Å². The van der Waals surface area contributed by atoms with Crippen LogP contribution >= 0.6 is 0 Å². The lowest BCUT2D eigenvalue weighted by Gasteiger charge is -2.14. The van der Waals surface area contributed by atoms with Crippen LogP contribution in [0.3, 0.4) is 0 Å². The maximum absolute atomic E-state index is 11.5. The minimum absolute atomic E-state index is 0.221. The Hall–Kier alpha value is -1.69. The third-order valence-electron chi connectivity index (χ3n) is 3.19. The summed E-state index contributed by atoms with van der Waals surface area (Å²) in [5.41, 5.74) is 0. The molecule has 6 heteroatoms. The fourth-order valence-corrected chi connectivity index (χ4v) is 2.19. The molecule has 104 valence electrons. The molecule has 1 fully saturated rings. The summed E-state index contributed by atoms with van der Waals surface area (Å²) in [5.74, 6) is 0.470. The number of aromatic nitrogens is 2. The summed E-state index contributed by atoms with van der Waals surface area (Å²) in [6.07, 6.45) is 9.44. The molecule has 1 aliphatic rings. The predicted octanol–water partition coefficient (Wildman–Crippen LogP) is 1.47. The van der Waals surface area contributed by atoms with E-state index in [2.05, 4.69) is 25.5 Å². The number of hydrogen-bond acceptors (Lipinski definition) is 4. The smallest absolute Gasteiger partial charge is 0.320 e. The van der Waals surface area contributed by atoms with Crippen molar-refractivity contribution in [2.24, 2.45) is 0 Å². The predicted molar refractivity (Wildman–Crippen MR) is 74.0 cm³/mol. The maximum atomic E-state index is 11.5. The van der Waals surface area contributed by atoms with Crippen molar-refractivity contribution in [2.75, 3.05) is 31.5 Å². The zero-order chi connectivity index (χ0) is 13.3. The van der Waals surface area contributed by atoms with E-state index in [1.54, 1.807) is 12.4 Å². The van der Waals surface area contributed by atoms with Gasteiger partial charge in [0.05, 0.1) is 6.20 Å². The molecule has 2 amide bonds. The Labute approximate surface area is 113 Å². The van der Waals surface area contributed by atoms with Gasteiger partial charge in [0, 0.05) is 18.9 Å². The highest BCUT2D eigenvalue weighted by atomic mass is 16.2. The molecule has 2 rings (SSSR count). The van der Waals surface area contributed by atoms with E-state index in [4.69, 9.17) is 0 Å². The van der Waals surface area contributed by atoms with Crippen LogP contribution < -0.4 is 10.6 Å². The van der Waals surface area contributed by atoms with Crippen LogP contribution in [0, 0.1) is 0 Å². The van der Waals surface area contributed by atoms with Crippen LogP contribution in [0.2, 0.25) is 0 Å². The fourth-order valence-electron chi connectivity index (χ4n) is 2.19. The van der Waals surface area contributed by atoms with E-state index in [-0.39, 0.29) is 6.03 Å². The molecule has 1 saturated heterocycles.